The van der Waals surface area contributed by atoms with E-state index in [-0.39, 0.29) is 0 Å². The molecule has 2 nitrogen and oxygen atoms in total. The van der Waals surface area contributed by atoms with Gasteiger partial charge in [0.1, 0.15) is 0 Å². The van der Waals surface area contributed by atoms with Crippen LogP contribution in [-0.4, -0.2) is 4.98 Å². The van der Waals surface area contributed by atoms with Gasteiger partial charge in [0.25, 0.3) is 0 Å². The number of aryl methyl sites for hydroxylation is 3. The average Bonchev–Trinajstić information content (AvgIpc) is 2.36. The molecule has 1 aromatic carbocycles. The highest BCUT2D eigenvalue weighted by Gasteiger charge is 2.31. The summed E-state index contributed by atoms with van der Waals surface area (Å²) in [6.45, 7) is 5.46. The van der Waals surface area contributed by atoms with Crippen molar-refractivity contribution in [3.63, 3.8) is 0 Å². The minimum Gasteiger partial charge on any atom is -0.319 e. The van der Waals surface area contributed by atoms with E-state index in [1.54, 1.807) is 13.1 Å². The van der Waals surface area contributed by atoms with Crippen LogP contribution in [0.25, 0.3) is 0 Å². The summed E-state index contributed by atoms with van der Waals surface area (Å²) in [4.78, 5) is 4.32. The molecule has 0 aliphatic rings. The minimum atomic E-state index is -4.34. The Balaban J connectivity index is 2.42. The molecule has 2 aromatic rings. The maximum atomic E-state index is 12.7. The minimum absolute atomic E-state index is 0.513. The van der Waals surface area contributed by atoms with Crippen LogP contribution in [0.4, 0.5) is 13.2 Å². The quantitative estimate of drug-likeness (QED) is 0.906. The van der Waals surface area contributed by atoms with E-state index in [0.717, 1.165) is 23.3 Å². The first kappa shape index (κ1) is 15.5. The van der Waals surface area contributed by atoms with E-state index in [9.17, 15) is 13.2 Å². The first-order valence-corrected chi connectivity index (χ1v) is 6.56. The van der Waals surface area contributed by atoms with E-state index in [2.05, 4.69) is 4.98 Å². The summed E-state index contributed by atoms with van der Waals surface area (Å²) < 4.78 is 38.1. The molecule has 21 heavy (non-hydrogen) atoms. The van der Waals surface area contributed by atoms with Gasteiger partial charge in [0.15, 0.2) is 0 Å². The lowest BCUT2D eigenvalue weighted by Crippen LogP contribution is -2.17. The molecule has 1 heterocycles. The molecule has 0 aliphatic heterocycles. The number of alkyl halides is 3. The molecule has 0 saturated heterocycles. The lowest BCUT2D eigenvalue weighted by molar-refractivity contribution is -0.137. The van der Waals surface area contributed by atoms with Crippen molar-refractivity contribution in [3.05, 3.63) is 64.0 Å². The number of nitrogens with zero attached hydrogens (tertiary/aromatic N) is 1. The number of benzene rings is 1. The van der Waals surface area contributed by atoms with Gasteiger partial charge in [-0.3, -0.25) is 4.98 Å². The zero-order chi connectivity index (χ0) is 15.8. The van der Waals surface area contributed by atoms with Gasteiger partial charge in [-0.1, -0.05) is 12.1 Å². The zero-order valence-electron chi connectivity index (χ0n) is 12.1. The van der Waals surface area contributed by atoms with Crippen molar-refractivity contribution >= 4 is 0 Å². The molecular weight excluding hydrogens is 277 g/mol. The second-order valence-corrected chi connectivity index (χ2v) is 5.26. The van der Waals surface area contributed by atoms with Crippen LogP contribution in [0.3, 0.4) is 0 Å². The number of hydrogen-bond donors (Lipinski definition) is 1. The van der Waals surface area contributed by atoms with Crippen LogP contribution in [-0.2, 0) is 6.18 Å². The third-order valence-corrected chi connectivity index (χ3v) is 3.48. The molecule has 1 unspecified atom stereocenters. The van der Waals surface area contributed by atoms with Crippen LogP contribution in [0.1, 0.15) is 39.6 Å². The number of halogens is 3. The Morgan fingerprint density at radius 1 is 1.05 bits per heavy atom. The number of nitrogens with two attached hydrogens (primary N) is 1. The van der Waals surface area contributed by atoms with Crippen molar-refractivity contribution in [2.45, 2.75) is 33.0 Å². The summed E-state index contributed by atoms with van der Waals surface area (Å²) in [5.41, 5.74) is 9.33. The summed E-state index contributed by atoms with van der Waals surface area (Å²) in [5, 5.41) is 0. The van der Waals surface area contributed by atoms with E-state index < -0.39 is 17.8 Å². The molecule has 0 amide bonds. The average molecular weight is 294 g/mol. The standard InChI is InChI=1S/C16H17F3N2/c1-9-6-11(3)15(21-8-9)14(20)13-5-4-12(7-10(13)2)16(17,18)19/h4-8,14H,20H2,1-3H3. The highest BCUT2D eigenvalue weighted by Crippen LogP contribution is 2.32. The Morgan fingerprint density at radius 2 is 1.71 bits per heavy atom. The fourth-order valence-electron chi connectivity index (χ4n) is 2.40. The van der Waals surface area contributed by atoms with Gasteiger partial charge in [-0.2, -0.15) is 13.2 Å². The van der Waals surface area contributed by atoms with E-state index in [1.165, 1.54) is 6.07 Å². The van der Waals surface area contributed by atoms with Crippen LogP contribution in [0.5, 0.6) is 0 Å². The Kier molecular flexibility index (Phi) is 4.05. The molecule has 0 saturated carbocycles. The third-order valence-electron chi connectivity index (χ3n) is 3.48. The molecule has 0 spiro atoms. The van der Waals surface area contributed by atoms with Gasteiger partial charge in [-0.15, -0.1) is 0 Å². The van der Waals surface area contributed by atoms with E-state index in [4.69, 9.17) is 5.73 Å². The molecule has 2 rings (SSSR count). The van der Waals surface area contributed by atoms with Crippen molar-refractivity contribution in [1.82, 2.24) is 4.98 Å². The fourth-order valence-corrected chi connectivity index (χ4v) is 2.40. The lowest BCUT2D eigenvalue weighted by Gasteiger charge is -2.18. The molecular formula is C16H17F3N2. The van der Waals surface area contributed by atoms with Crippen molar-refractivity contribution in [1.29, 1.82) is 0 Å². The maximum absolute atomic E-state index is 12.7. The number of rotatable bonds is 2. The Labute approximate surface area is 121 Å². The Morgan fingerprint density at radius 3 is 2.24 bits per heavy atom. The van der Waals surface area contributed by atoms with Gasteiger partial charge in [0.2, 0.25) is 0 Å². The topological polar surface area (TPSA) is 38.9 Å². The summed E-state index contributed by atoms with van der Waals surface area (Å²) in [6.07, 6.45) is -2.63. The first-order valence-electron chi connectivity index (χ1n) is 6.56. The predicted molar refractivity (Wildman–Crippen MR) is 75.9 cm³/mol. The van der Waals surface area contributed by atoms with Crippen molar-refractivity contribution < 1.29 is 13.2 Å². The van der Waals surface area contributed by atoms with Gasteiger partial charge in [0.05, 0.1) is 17.3 Å². The van der Waals surface area contributed by atoms with Gasteiger partial charge in [0, 0.05) is 6.20 Å². The molecule has 0 aliphatic carbocycles. The van der Waals surface area contributed by atoms with E-state index in [0.29, 0.717) is 16.8 Å². The van der Waals surface area contributed by atoms with Gasteiger partial charge < -0.3 is 5.73 Å². The molecule has 0 fully saturated rings. The number of aromatic nitrogens is 1. The Bertz CT molecular complexity index is 663. The third kappa shape index (κ3) is 3.24. The summed E-state index contributed by atoms with van der Waals surface area (Å²) in [7, 11) is 0. The fraction of sp³-hybridized carbons (Fsp3) is 0.312. The van der Waals surface area contributed by atoms with E-state index in [1.807, 2.05) is 19.9 Å². The summed E-state index contributed by atoms with van der Waals surface area (Å²) in [6, 6.07) is 5.04. The van der Waals surface area contributed by atoms with Gasteiger partial charge >= 0.3 is 6.18 Å². The van der Waals surface area contributed by atoms with E-state index >= 15 is 0 Å². The molecule has 112 valence electrons. The summed E-state index contributed by atoms with van der Waals surface area (Å²) in [5.74, 6) is 0. The van der Waals surface area contributed by atoms with Crippen LogP contribution in [0, 0.1) is 20.8 Å². The van der Waals surface area contributed by atoms with Crippen molar-refractivity contribution in [2.75, 3.05) is 0 Å². The molecule has 5 heteroatoms. The largest absolute Gasteiger partial charge is 0.416 e. The molecule has 1 atom stereocenters. The molecule has 0 radical (unpaired) electrons. The smallest absolute Gasteiger partial charge is 0.319 e. The van der Waals surface area contributed by atoms with Crippen LogP contribution in [0.15, 0.2) is 30.5 Å². The second kappa shape index (κ2) is 5.48. The van der Waals surface area contributed by atoms with Crippen molar-refractivity contribution in [2.24, 2.45) is 5.73 Å². The van der Waals surface area contributed by atoms with Gasteiger partial charge in [-0.05, 0) is 55.2 Å². The Hall–Kier alpha value is -1.88. The first-order chi connectivity index (χ1) is 9.70. The van der Waals surface area contributed by atoms with Crippen LogP contribution >= 0.6 is 0 Å². The number of hydrogen-bond acceptors (Lipinski definition) is 2. The maximum Gasteiger partial charge on any atom is 0.416 e. The lowest BCUT2D eigenvalue weighted by atomic mass is 9.95. The van der Waals surface area contributed by atoms with Crippen LogP contribution < -0.4 is 5.73 Å². The van der Waals surface area contributed by atoms with Crippen molar-refractivity contribution in [3.8, 4) is 0 Å². The van der Waals surface area contributed by atoms with Gasteiger partial charge in [-0.25, -0.2) is 0 Å². The highest BCUT2D eigenvalue weighted by molar-refractivity contribution is 5.40. The molecule has 1 aromatic heterocycles. The number of pyridine rings is 1. The van der Waals surface area contributed by atoms with Crippen LogP contribution in [0.2, 0.25) is 0 Å². The SMILES string of the molecule is Cc1cnc(C(N)c2ccc(C(F)(F)F)cc2C)c(C)c1. The highest BCUT2D eigenvalue weighted by atomic mass is 19.4. The second-order valence-electron chi connectivity index (χ2n) is 5.26. The summed E-state index contributed by atoms with van der Waals surface area (Å²) >= 11 is 0. The molecule has 2 N–H and O–H groups in total. The monoisotopic (exact) mass is 294 g/mol. The zero-order valence-corrected chi connectivity index (χ0v) is 12.1. The predicted octanol–water partition coefficient (Wildman–Crippen LogP) is 4.07. The normalized spacial score (nSPS) is 13.3. The molecule has 0 bridgehead atoms.